The van der Waals surface area contributed by atoms with Crippen molar-refractivity contribution in [1.29, 1.82) is 0 Å². The average Bonchev–Trinajstić information content (AvgIpc) is 1.96. The Morgan fingerprint density at radius 3 is 2.54 bits per heavy atom. The quantitative estimate of drug-likeness (QED) is 0.482. The molecule has 1 rings (SSSR count). The van der Waals surface area contributed by atoms with Crippen LogP contribution in [-0.4, -0.2) is 35.2 Å². The van der Waals surface area contributed by atoms with Crippen LogP contribution in [0.2, 0.25) is 0 Å². The number of hydrogen-bond donors (Lipinski definition) is 2. The maximum atomic E-state index is 11.0. The van der Waals surface area contributed by atoms with Crippen molar-refractivity contribution in [2.24, 2.45) is 5.73 Å². The second-order valence-corrected chi connectivity index (χ2v) is 2.48. The molecule has 3 N–H and O–H groups in total. The summed E-state index contributed by atoms with van der Waals surface area (Å²) in [7, 11) is 0. The van der Waals surface area contributed by atoms with Crippen molar-refractivity contribution in [3.63, 3.8) is 0 Å². The van der Waals surface area contributed by atoms with E-state index >= 15 is 0 Å². The highest BCUT2D eigenvalue weighted by molar-refractivity contribution is 6.15. The highest BCUT2D eigenvalue weighted by Gasteiger charge is 2.31. The molecule has 0 aromatic rings. The molecule has 1 aliphatic heterocycles. The Morgan fingerprint density at radius 1 is 1.46 bits per heavy atom. The van der Waals surface area contributed by atoms with E-state index in [1.165, 1.54) is 0 Å². The van der Waals surface area contributed by atoms with Crippen LogP contribution in [0.1, 0.15) is 6.42 Å². The van der Waals surface area contributed by atoms with Crippen LogP contribution in [0.4, 0.5) is 4.79 Å². The Morgan fingerprint density at radius 2 is 2.08 bits per heavy atom. The lowest BCUT2D eigenvalue weighted by atomic mass is 10.3. The monoisotopic (exact) mass is 185 g/mol. The molecular weight excluding hydrogens is 178 g/mol. The van der Waals surface area contributed by atoms with E-state index in [0.29, 0.717) is 4.90 Å². The van der Waals surface area contributed by atoms with Gasteiger partial charge in [-0.25, -0.2) is 4.79 Å². The summed E-state index contributed by atoms with van der Waals surface area (Å²) in [5, 5.41) is 1.88. The van der Waals surface area contributed by atoms with Gasteiger partial charge in [0.15, 0.2) is 0 Å². The van der Waals surface area contributed by atoms with E-state index in [0.717, 1.165) is 0 Å². The lowest BCUT2D eigenvalue weighted by Crippen LogP contribution is -2.54. The fourth-order valence-electron chi connectivity index (χ4n) is 0.893. The second kappa shape index (κ2) is 3.21. The third kappa shape index (κ3) is 2.01. The number of nitrogens with zero attached hydrogens (tertiary/aromatic N) is 1. The van der Waals surface area contributed by atoms with E-state index in [2.05, 4.69) is 0 Å². The van der Waals surface area contributed by atoms with Crippen LogP contribution >= 0.6 is 0 Å². The lowest BCUT2D eigenvalue weighted by molar-refractivity contribution is -0.138. The molecule has 0 bridgehead atoms. The molecule has 0 radical (unpaired) electrons. The molecule has 1 heterocycles. The van der Waals surface area contributed by atoms with E-state index < -0.39 is 36.7 Å². The molecular formula is C6H7N3O4. The van der Waals surface area contributed by atoms with Crippen molar-refractivity contribution >= 4 is 23.8 Å². The van der Waals surface area contributed by atoms with Crippen LogP contribution in [0.5, 0.6) is 0 Å². The van der Waals surface area contributed by atoms with Crippen LogP contribution in [-0.2, 0) is 14.4 Å². The van der Waals surface area contributed by atoms with Gasteiger partial charge in [0, 0.05) is 0 Å². The molecule has 0 unspecified atom stereocenters. The SMILES string of the molecule is NC(=O)CN1C(=O)CC(=O)NC1=O. The molecule has 0 spiro atoms. The second-order valence-electron chi connectivity index (χ2n) is 2.48. The highest BCUT2D eigenvalue weighted by atomic mass is 16.2. The third-order valence-corrected chi connectivity index (χ3v) is 1.42. The number of carbonyl (C=O) groups is 4. The molecule has 70 valence electrons. The molecule has 0 saturated carbocycles. The summed E-state index contributed by atoms with van der Waals surface area (Å²) in [6, 6.07) is -0.903. The molecule has 0 atom stereocenters. The summed E-state index contributed by atoms with van der Waals surface area (Å²) < 4.78 is 0. The first-order valence-corrected chi connectivity index (χ1v) is 3.43. The Kier molecular flexibility index (Phi) is 2.27. The number of nitrogens with two attached hydrogens (primary N) is 1. The number of barbiturate groups is 1. The van der Waals surface area contributed by atoms with Gasteiger partial charge in [0.1, 0.15) is 13.0 Å². The zero-order valence-corrected chi connectivity index (χ0v) is 6.57. The fraction of sp³-hybridized carbons (Fsp3) is 0.333. The van der Waals surface area contributed by atoms with Crippen molar-refractivity contribution in [3.05, 3.63) is 0 Å². The molecule has 0 aliphatic carbocycles. The molecule has 1 aliphatic rings. The largest absolute Gasteiger partial charge is 0.368 e. The zero-order chi connectivity index (χ0) is 10.0. The number of rotatable bonds is 2. The van der Waals surface area contributed by atoms with Crippen molar-refractivity contribution in [3.8, 4) is 0 Å². The Bertz CT molecular complexity index is 278. The van der Waals surface area contributed by atoms with Gasteiger partial charge in [0.25, 0.3) is 0 Å². The number of carbonyl (C=O) groups excluding carboxylic acids is 4. The summed E-state index contributed by atoms with van der Waals surface area (Å²) >= 11 is 0. The van der Waals surface area contributed by atoms with Crippen LogP contribution in [0.3, 0.4) is 0 Å². The van der Waals surface area contributed by atoms with Gasteiger partial charge in [-0.2, -0.15) is 0 Å². The van der Waals surface area contributed by atoms with Crippen molar-refractivity contribution < 1.29 is 19.2 Å². The number of nitrogens with one attached hydrogen (secondary N) is 1. The van der Waals surface area contributed by atoms with E-state index in [1.54, 1.807) is 0 Å². The van der Waals surface area contributed by atoms with Gasteiger partial charge in [0.2, 0.25) is 17.7 Å². The van der Waals surface area contributed by atoms with Gasteiger partial charge in [-0.3, -0.25) is 24.6 Å². The number of urea groups is 1. The molecule has 5 amide bonds. The Balaban J connectivity index is 2.73. The Hall–Kier alpha value is -1.92. The minimum atomic E-state index is -0.903. The predicted octanol–water partition coefficient (Wildman–Crippen LogP) is -2.06. The number of hydrogen-bond acceptors (Lipinski definition) is 4. The molecule has 1 saturated heterocycles. The Labute approximate surface area is 72.9 Å². The number of amides is 5. The van der Waals surface area contributed by atoms with Gasteiger partial charge < -0.3 is 5.73 Å². The minimum absolute atomic E-state index is 0.432. The molecule has 0 aromatic carbocycles. The maximum absolute atomic E-state index is 11.0. The third-order valence-electron chi connectivity index (χ3n) is 1.42. The molecule has 1 fully saturated rings. The lowest BCUT2D eigenvalue weighted by Gasteiger charge is -2.22. The zero-order valence-electron chi connectivity index (χ0n) is 6.57. The van der Waals surface area contributed by atoms with Gasteiger partial charge >= 0.3 is 6.03 Å². The summed E-state index contributed by atoms with van der Waals surface area (Å²) in [4.78, 5) is 43.5. The fourth-order valence-corrected chi connectivity index (χ4v) is 0.893. The minimum Gasteiger partial charge on any atom is -0.368 e. The average molecular weight is 185 g/mol. The normalized spacial score (nSPS) is 17.2. The first-order chi connectivity index (χ1) is 6.00. The molecule has 13 heavy (non-hydrogen) atoms. The van der Waals surface area contributed by atoms with E-state index in [4.69, 9.17) is 5.73 Å². The summed E-state index contributed by atoms with van der Waals surface area (Å²) in [5.41, 5.74) is 4.78. The van der Waals surface area contributed by atoms with Crippen molar-refractivity contribution in [2.75, 3.05) is 6.54 Å². The molecule has 0 aromatic heterocycles. The summed E-state index contributed by atoms with van der Waals surface area (Å²) in [6.07, 6.45) is -0.432. The van der Waals surface area contributed by atoms with E-state index in [-0.39, 0.29) is 0 Å². The standard InChI is InChI=1S/C6H7N3O4/c7-3(10)2-9-5(12)1-4(11)8-6(9)13/h1-2H2,(H2,7,10)(H,8,11,13). The van der Waals surface area contributed by atoms with Gasteiger partial charge in [-0.05, 0) is 0 Å². The summed E-state index contributed by atoms with van der Waals surface area (Å²) in [6.45, 7) is -0.502. The van der Waals surface area contributed by atoms with Crippen LogP contribution in [0, 0.1) is 0 Å². The topological polar surface area (TPSA) is 110 Å². The van der Waals surface area contributed by atoms with Crippen LogP contribution in [0.25, 0.3) is 0 Å². The van der Waals surface area contributed by atoms with Crippen molar-refractivity contribution in [1.82, 2.24) is 10.2 Å². The number of imide groups is 2. The number of primary amides is 1. The van der Waals surface area contributed by atoms with Gasteiger partial charge in [0.05, 0.1) is 0 Å². The summed E-state index contributed by atoms with van der Waals surface area (Å²) in [5.74, 6) is -2.19. The highest BCUT2D eigenvalue weighted by Crippen LogP contribution is 2.01. The smallest absolute Gasteiger partial charge is 0.331 e. The van der Waals surface area contributed by atoms with Crippen molar-refractivity contribution in [2.45, 2.75) is 6.42 Å². The first kappa shape index (κ1) is 9.17. The predicted molar refractivity (Wildman–Crippen MR) is 39.1 cm³/mol. The molecule has 7 nitrogen and oxygen atoms in total. The molecule has 7 heteroatoms. The van der Waals surface area contributed by atoms with E-state index in [9.17, 15) is 19.2 Å². The van der Waals surface area contributed by atoms with Crippen LogP contribution in [0.15, 0.2) is 0 Å². The van der Waals surface area contributed by atoms with Crippen LogP contribution < -0.4 is 11.1 Å². The van der Waals surface area contributed by atoms with E-state index in [1.807, 2.05) is 5.32 Å². The first-order valence-electron chi connectivity index (χ1n) is 3.43. The maximum Gasteiger partial charge on any atom is 0.331 e. The van der Waals surface area contributed by atoms with Gasteiger partial charge in [-0.1, -0.05) is 0 Å². The van der Waals surface area contributed by atoms with Gasteiger partial charge in [-0.15, -0.1) is 0 Å².